The van der Waals surface area contributed by atoms with E-state index in [-0.39, 0.29) is 18.0 Å². The van der Waals surface area contributed by atoms with Crippen molar-refractivity contribution in [1.82, 2.24) is 0 Å². The molecular formula is C8H11NO5. The molecule has 0 aromatic heterocycles. The average molecular weight is 201 g/mol. The highest BCUT2D eigenvalue weighted by molar-refractivity contribution is 5.61. The summed E-state index contributed by atoms with van der Waals surface area (Å²) >= 11 is 0. The monoisotopic (exact) mass is 201 g/mol. The van der Waals surface area contributed by atoms with E-state index in [9.17, 15) is 9.59 Å². The van der Waals surface area contributed by atoms with Crippen molar-refractivity contribution < 1.29 is 14.9 Å². The number of methoxy groups -OCH3 is 1. The molecule has 0 radical (unpaired) electrons. The molecule has 0 fully saturated rings. The fourth-order valence-corrected chi connectivity index (χ4v) is 1.01. The van der Waals surface area contributed by atoms with Crippen molar-refractivity contribution in [2.24, 2.45) is 0 Å². The van der Waals surface area contributed by atoms with Gasteiger partial charge in [0.25, 0.3) is 10.9 Å². The summed E-state index contributed by atoms with van der Waals surface area (Å²) in [7, 11) is 1.28. The Balaban J connectivity index is 2.64. The van der Waals surface area contributed by atoms with Crippen LogP contribution in [0.4, 0.5) is 5.69 Å². The van der Waals surface area contributed by atoms with Crippen LogP contribution in [-0.2, 0) is 0 Å². The van der Waals surface area contributed by atoms with Crippen molar-refractivity contribution >= 4 is 5.69 Å². The minimum atomic E-state index is -0.968. The number of hydrogen-bond acceptors (Lipinski definition) is 6. The molecule has 1 aromatic carbocycles. The lowest BCUT2D eigenvalue weighted by molar-refractivity contribution is 0.105. The first-order valence-corrected chi connectivity index (χ1v) is 4.02. The van der Waals surface area contributed by atoms with Gasteiger partial charge in [0.2, 0.25) is 0 Å². The van der Waals surface area contributed by atoms with Crippen molar-refractivity contribution in [3.63, 3.8) is 0 Å². The Bertz CT molecular complexity index is 379. The Morgan fingerprint density at radius 3 is 2.57 bits per heavy atom. The first-order chi connectivity index (χ1) is 6.61. The third-order valence-corrected chi connectivity index (χ3v) is 1.80. The minimum Gasteiger partial charge on any atom is -0.491 e. The third kappa shape index (κ3) is 1.75. The van der Waals surface area contributed by atoms with Crippen LogP contribution in [0.5, 0.6) is 5.75 Å². The van der Waals surface area contributed by atoms with Crippen LogP contribution in [0.2, 0.25) is 0 Å². The average Bonchev–Trinajstić information content (AvgIpc) is 2.22. The summed E-state index contributed by atoms with van der Waals surface area (Å²) in [5, 5.41) is 20.0. The van der Waals surface area contributed by atoms with Crippen molar-refractivity contribution in [2.45, 2.75) is 6.10 Å². The van der Waals surface area contributed by atoms with Gasteiger partial charge in [0.1, 0.15) is 5.69 Å². The maximum Gasteiger partial charge on any atom is 0.271 e. The highest BCUT2D eigenvalue weighted by atomic mass is 16.5. The molecule has 0 amide bonds. The Morgan fingerprint density at radius 1 is 1.43 bits per heavy atom. The number of aliphatic hydroxyl groups excluding tert-OH is 2. The van der Waals surface area contributed by atoms with Crippen molar-refractivity contribution in [2.75, 3.05) is 25.6 Å². The standard InChI is InChI=1S/C8H11NO5/c1-14-8-5(6(12)7(8)13)9-2-4(11)3-10/h4,9-11H,2-3H2,1H3. The molecule has 0 aliphatic heterocycles. The summed E-state index contributed by atoms with van der Waals surface area (Å²) in [6.45, 7) is -0.414. The number of aliphatic hydroxyl groups is 2. The van der Waals surface area contributed by atoms with Gasteiger partial charge in [-0.2, -0.15) is 0 Å². The van der Waals surface area contributed by atoms with Gasteiger partial charge in [0.05, 0.1) is 19.8 Å². The molecule has 0 saturated heterocycles. The normalized spacial score (nSPS) is 12.8. The number of rotatable bonds is 5. The van der Waals surface area contributed by atoms with Gasteiger partial charge < -0.3 is 20.3 Å². The first-order valence-electron chi connectivity index (χ1n) is 4.02. The number of hydrogen-bond donors (Lipinski definition) is 3. The van der Waals surface area contributed by atoms with Gasteiger partial charge in [-0.15, -0.1) is 0 Å². The summed E-state index contributed by atoms with van der Waals surface area (Å²) in [5.74, 6) is -0.0276. The predicted octanol–water partition coefficient (Wildman–Crippen LogP) is -1.94. The lowest BCUT2D eigenvalue weighted by Crippen LogP contribution is -2.37. The van der Waals surface area contributed by atoms with Crippen LogP contribution >= 0.6 is 0 Å². The molecule has 0 saturated carbocycles. The molecule has 0 aliphatic carbocycles. The summed E-state index contributed by atoms with van der Waals surface area (Å²) in [4.78, 5) is 21.8. The van der Waals surface area contributed by atoms with Crippen LogP contribution in [0.15, 0.2) is 9.59 Å². The van der Waals surface area contributed by atoms with Gasteiger partial charge in [0, 0.05) is 6.54 Å². The van der Waals surface area contributed by atoms with Crippen molar-refractivity contribution in [3.8, 4) is 5.75 Å². The third-order valence-electron chi connectivity index (χ3n) is 1.80. The zero-order valence-electron chi connectivity index (χ0n) is 7.61. The van der Waals surface area contributed by atoms with E-state index in [0.717, 1.165) is 0 Å². The molecule has 0 bridgehead atoms. The summed E-state index contributed by atoms with van der Waals surface area (Å²) < 4.78 is 4.65. The van der Waals surface area contributed by atoms with Crippen LogP contribution in [0, 0.1) is 0 Å². The second-order valence-corrected chi connectivity index (χ2v) is 2.78. The first kappa shape index (κ1) is 10.7. The Labute approximate surface area is 79.4 Å². The fourth-order valence-electron chi connectivity index (χ4n) is 1.01. The SMILES string of the molecule is COc1c(NCC(O)CO)c(=O)c1=O. The lowest BCUT2D eigenvalue weighted by atomic mass is 10.2. The van der Waals surface area contributed by atoms with E-state index in [2.05, 4.69) is 10.1 Å². The van der Waals surface area contributed by atoms with Gasteiger partial charge in [-0.3, -0.25) is 9.59 Å². The second-order valence-electron chi connectivity index (χ2n) is 2.78. The molecule has 1 aromatic rings. The van der Waals surface area contributed by atoms with E-state index in [1.807, 2.05) is 0 Å². The summed E-state index contributed by atoms with van der Waals surface area (Å²) in [6, 6.07) is 0. The van der Waals surface area contributed by atoms with Crippen molar-refractivity contribution in [1.29, 1.82) is 0 Å². The number of anilines is 1. The quantitative estimate of drug-likeness (QED) is 0.479. The molecular weight excluding hydrogens is 190 g/mol. The van der Waals surface area contributed by atoms with Gasteiger partial charge in [-0.05, 0) is 0 Å². The van der Waals surface area contributed by atoms with E-state index in [4.69, 9.17) is 10.2 Å². The molecule has 3 N–H and O–H groups in total. The van der Waals surface area contributed by atoms with Crippen LogP contribution in [0.3, 0.4) is 0 Å². The van der Waals surface area contributed by atoms with Gasteiger partial charge >= 0.3 is 0 Å². The highest BCUT2D eigenvalue weighted by Crippen LogP contribution is 2.15. The summed E-state index contributed by atoms with van der Waals surface area (Å²) in [5.41, 5.74) is -1.27. The predicted molar refractivity (Wildman–Crippen MR) is 49.5 cm³/mol. The van der Waals surface area contributed by atoms with E-state index in [1.165, 1.54) is 7.11 Å². The van der Waals surface area contributed by atoms with Crippen LogP contribution in [0.1, 0.15) is 0 Å². The maximum atomic E-state index is 10.9. The van der Waals surface area contributed by atoms with Gasteiger partial charge in [-0.25, -0.2) is 0 Å². The largest absolute Gasteiger partial charge is 0.491 e. The van der Waals surface area contributed by atoms with E-state index >= 15 is 0 Å². The zero-order chi connectivity index (χ0) is 10.7. The molecule has 6 nitrogen and oxygen atoms in total. The molecule has 78 valence electrons. The molecule has 0 aliphatic rings. The minimum absolute atomic E-state index is 0.00227. The Morgan fingerprint density at radius 2 is 2.07 bits per heavy atom. The molecule has 0 heterocycles. The van der Waals surface area contributed by atoms with Crippen LogP contribution < -0.4 is 20.9 Å². The molecule has 14 heavy (non-hydrogen) atoms. The number of ether oxygens (including phenoxy) is 1. The smallest absolute Gasteiger partial charge is 0.271 e. The molecule has 0 spiro atoms. The topological polar surface area (TPSA) is 95.9 Å². The van der Waals surface area contributed by atoms with E-state index in [0.29, 0.717) is 0 Å². The van der Waals surface area contributed by atoms with Crippen molar-refractivity contribution in [3.05, 3.63) is 20.4 Å². The molecule has 6 heteroatoms. The van der Waals surface area contributed by atoms with Crippen LogP contribution in [0.25, 0.3) is 0 Å². The van der Waals surface area contributed by atoms with Gasteiger partial charge in [-0.1, -0.05) is 0 Å². The van der Waals surface area contributed by atoms with Gasteiger partial charge in [0.15, 0.2) is 5.75 Å². The summed E-state index contributed by atoms with van der Waals surface area (Å²) in [6.07, 6.45) is -0.968. The van der Waals surface area contributed by atoms with E-state index in [1.54, 1.807) is 0 Å². The Hall–Kier alpha value is -1.40. The fraction of sp³-hybridized carbons (Fsp3) is 0.500. The van der Waals surface area contributed by atoms with Crippen LogP contribution in [-0.4, -0.2) is 36.6 Å². The lowest BCUT2D eigenvalue weighted by Gasteiger charge is -2.13. The van der Waals surface area contributed by atoms with E-state index < -0.39 is 23.6 Å². The Kier molecular flexibility index (Phi) is 3.21. The molecule has 1 rings (SSSR count). The zero-order valence-corrected chi connectivity index (χ0v) is 7.61. The molecule has 1 atom stereocenters. The highest BCUT2D eigenvalue weighted by Gasteiger charge is 2.21. The maximum absolute atomic E-state index is 10.9. The molecule has 1 unspecified atom stereocenters. The second kappa shape index (κ2) is 4.21. The number of nitrogens with one attached hydrogen (secondary N) is 1.